The summed E-state index contributed by atoms with van der Waals surface area (Å²) in [5, 5.41) is 26.9. The van der Waals surface area contributed by atoms with Crippen LogP contribution in [-0.2, 0) is 6.61 Å². The van der Waals surface area contributed by atoms with Gasteiger partial charge >= 0.3 is 7.12 Å². The van der Waals surface area contributed by atoms with Gasteiger partial charge < -0.3 is 14.8 Å². The van der Waals surface area contributed by atoms with Gasteiger partial charge in [0, 0.05) is 6.20 Å². The smallest absolute Gasteiger partial charge is 0.488 e. The maximum atomic E-state index is 9.08. The summed E-state index contributed by atoms with van der Waals surface area (Å²) in [5.41, 5.74) is 2.43. The molecule has 20 heavy (non-hydrogen) atoms. The van der Waals surface area contributed by atoms with Crippen LogP contribution in [0.15, 0.2) is 36.5 Å². The molecule has 0 spiro atoms. The Morgan fingerprint density at radius 2 is 2.10 bits per heavy atom. The molecular formula is C14H13BN2O3. The average molecular weight is 268 g/mol. The van der Waals surface area contributed by atoms with Crippen molar-refractivity contribution in [1.29, 1.82) is 5.26 Å². The van der Waals surface area contributed by atoms with E-state index in [0.717, 1.165) is 11.1 Å². The summed E-state index contributed by atoms with van der Waals surface area (Å²) in [5.74, 6) is 0.657. The van der Waals surface area contributed by atoms with Gasteiger partial charge in [-0.1, -0.05) is 12.1 Å². The first-order valence-electron chi connectivity index (χ1n) is 6.04. The number of nitriles is 1. The van der Waals surface area contributed by atoms with E-state index in [-0.39, 0.29) is 0 Å². The minimum absolute atomic E-state index is 0.319. The van der Waals surface area contributed by atoms with Crippen LogP contribution in [0.1, 0.15) is 16.8 Å². The second kappa shape index (κ2) is 6.19. The lowest BCUT2D eigenvalue weighted by atomic mass is 9.79. The third kappa shape index (κ3) is 3.35. The van der Waals surface area contributed by atoms with Crippen molar-refractivity contribution < 1.29 is 14.8 Å². The molecule has 2 aromatic rings. The second-order valence-electron chi connectivity index (χ2n) is 4.35. The standard InChI is InChI=1S/C14H13BN2O3/c1-10-6-12(15(18)19)2-3-14(10)20-9-11-4-5-17-13(7-11)8-16/h2-7,18-19H,9H2,1H3. The van der Waals surface area contributed by atoms with Crippen molar-refractivity contribution in [1.82, 2.24) is 4.98 Å². The molecule has 0 aliphatic rings. The van der Waals surface area contributed by atoms with E-state index >= 15 is 0 Å². The summed E-state index contributed by atoms with van der Waals surface area (Å²) in [4.78, 5) is 3.89. The van der Waals surface area contributed by atoms with Crippen LogP contribution in [0.25, 0.3) is 0 Å². The number of benzene rings is 1. The molecule has 1 aromatic carbocycles. The van der Waals surface area contributed by atoms with Crippen molar-refractivity contribution in [3.05, 3.63) is 53.3 Å². The fraction of sp³-hybridized carbons (Fsp3) is 0.143. The van der Waals surface area contributed by atoms with Gasteiger partial charge in [-0.2, -0.15) is 5.26 Å². The van der Waals surface area contributed by atoms with Crippen LogP contribution in [0.3, 0.4) is 0 Å². The van der Waals surface area contributed by atoms with E-state index in [1.807, 2.05) is 13.0 Å². The van der Waals surface area contributed by atoms with Crippen molar-refractivity contribution in [3.63, 3.8) is 0 Å². The van der Waals surface area contributed by atoms with Gasteiger partial charge in [-0.15, -0.1) is 0 Å². The van der Waals surface area contributed by atoms with Crippen LogP contribution in [0, 0.1) is 18.3 Å². The highest BCUT2D eigenvalue weighted by Crippen LogP contribution is 2.17. The predicted octanol–water partition coefficient (Wildman–Crippen LogP) is 0.520. The molecule has 0 saturated carbocycles. The summed E-state index contributed by atoms with van der Waals surface area (Å²) in [7, 11) is -1.49. The molecule has 0 radical (unpaired) electrons. The number of hydrogen-bond donors (Lipinski definition) is 2. The van der Waals surface area contributed by atoms with Crippen molar-refractivity contribution in [2.45, 2.75) is 13.5 Å². The highest BCUT2D eigenvalue weighted by Gasteiger charge is 2.12. The van der Waals surface area contributed by atoms with Crippen molar-refractivity contribution in [2.75, 3.05) is 0 Å². The molecule has 0 aliphatic heterocycles. The molecule has 0 bridgehead atoms. The normalized spacial score (nSPS) is 9.90. The Hall–Kier alpha value is -2.36. The van der Waals surface area contributed by atoms with E-state index in [2.05, 4.69) is 4.98 Å². The maximum absolute atomic E-state index is 9.08. The number of rotatable bonds is 4. The molecule has 0 amide bonds. The molecule has 1 heterocycles. The van der Waals surface area contributed by atoms with Gasteiger partial charge in [-0.3, -0.25) is 0 Å². The molecule has 100 valence electrons. The average Bonchev–Trinajstić information content (AvgIpc) is 2.46. The quantitative estimate of drug-likeness (QED) is 0.789. The molecule has 0 saturated heterocycles. The van der Waals surface area contributed by atoms with E-state index in [0.29, 0.717) is 23.5 Å². The van der Waals surface area contributed by atoms with E-state index in [1.54, 1.807) is 36.5 Å². The van der Waals surface area contributed by atoms with Gasteiger partial charge in [0.25, 0.3) is 0 Å². The third-order valence-corrected chi connectivity index (χ3v) is 2.83. The Bertz CT molecular complexity index is 653. The fourth-order valence-electron chi connectivity index (χ4n) is 1.78. The molecule has 2 N–H and O–H groups in total. The lowest BCUT2D eigenvalue weighted by Crippen LogP contribution is -2.29. The third-order valence-electron chi connectivity index (χ3n) is 2.83. The van der Waals surface area contributed by atoms with Crippen molar-refractivity contribution in [2.24, 2.45) is 0 Å². The summed E-state index contributed by atoms with van der Waals surface area (Å²) < 4.78 is 5.66. The van der Waals surface area contributed by atoms with Crippen LogP contribution in [0.2, 0.25) is 0 Å². The molecule has 6 heteroatoms. The van der Waals surface area contributed by atoms with Crippen molar-refractivity contribution in [3.8, 4) is 11.8 Å². The Morgan fingerprint density at radius 3 is 2.75 bits per heavy atom. The Labute approximate surface area is 117 Å². The highest BCUT2D eigenvalue weighted by atomic mass is 16.5. The number of ether oxygens (including phenoxy) is 1. The summed E-state index contributed by atoms with van der Waals surface area (Å²) >= 11 is 0. The van der Waals surface area contributed by atoms with Gasteiger partial charge in [0.05, 0.1) is 0 Å². The Balaban J connectivity index is 2.09. The molecule has 0 aliphatic carbocycles. The minimum atomic E-state index is -1.49. The maximum Gasteiger partial charge on any atom is 0.488 e. The molecule has 0 atom stereocenters. The number of aryl methyl sites for hydroxylation is 1. The number of hydrogen-bond acceptors (Lipinski definition) is 5. The number of aromatic nitrogens is 1. The lowest BCUT2D eigenvalue weighted by Gasteiger charge is -2.10. The van der Waals surface area contributed by atoms with Crippen LogP contribution in [0.4, 0.5) is 0 Å². The van der Waals surface area contributed by atoms with E-state index in [4.69, 9.17) is 20.0 Å². The van der Waals surface area contributed by atoms with Crippen LogP contribution < -0.4 is 10.2 Å². The fourth-order valence-corrected chi connectivity index (χ4v) is 1.78. The molecule has 2 rings (SSSR count). The summed E-state index contributed by atoms with van der Waals surface area (Å²) in [6.07, 6.45) is 1.56. The Morgan fingerprint density at radius 1 is 1.30 bits per heavy atom. The van der Waals surface area contributed by atoms with E-state index < -0.39 is 7.12 Å². The molecule has 1 aromatic heterocycles. The first-order chi connectivity index (χ1) is 9.60. The summed E-state index contributed by atoms with van der Waals surface area (Å²) in [6, 6.07) is 10.4. The Kier molecular flexibility index (Phi) is 4.36. The topological polar surface area (TPSA) is 86.4 Å². The van der Waals surface area contributed by atoms with Gasteiger partial charge in [0.15, 0.2) is 0 Å². The van der Waals surface area contributed by atoms with Crippen LogP contribution in [0.5, 0.6) is 5.75 Å². The zero-order valence-electron chi connectivity index (χ0n) is 10.9. The van der Waals surface area contributed by atoms with Crippen LogP contribution in [-0.4, -0.2) is 22.2 Å². The molecule has 0 unspecified atom stereocenters. The summed E-state index contributed by atoms with van der Waals surface area (Å²) in [6.45, 7) is 2.15. The van der Waals surface area contributed by atoms with Gasteiger partial charge in [0.1, 0.15) is 24.1 Å². The highest BCUT2D eigenvalue weighted by molar-refractivity contribution is 6.58. The first-order valence-corrected chi connectivity index (χ1v) is 6.04. The monoisotopic (exact) mass is 268 g/mol. The van der Waals surface area contributed by atoms with Crippen LogP contribution >= 0.6 is 0 Å². The molecular weight excluding hydrogens is 255 g/mol. The molecule has 0 fully saturated rings. The first kappa shape index (κ1) is 14.1. The van der Waals surface area contributed by atoms with E-state index in [1.165, 1.54) is 0 Å². The van der Waals surface area contributed by atoms with E-state index in [9.17, 15) is 0 Å². The molecule has 5 nitrogen and oxygen atoms in total. The minimum Gasteiger partial charge on any atom is -0.489 e. The predicted molar refractivity (Wildman–Crippen MR) is 74.3 cm³/mol. The largest absolute Gasteiger partial charge is 0.489 e. The number of nitrogens with zero attached hydrogens (tertiary/aromatic N) is 2. The second-order valence-corrected chi connectivity index (χ2v) is 4.35. The van der Waals surface area contributed by atoms with Gasteiger partial charge in [0.2, 0.25) is 0 Å². The zero-order chi connectivity index (χ0) is 14.5. The SMILES string of the molecule is Cc1cc(B(O)O)ccc1OCc1ccnc(C#N)c1. The van der Waals surface area contributed by atoms with Gasteiger partial charge in [-0.05, 0) is 41.7 Å². The number of pyridine rings is 1. The van der Waals surface area contributed by atoms with Crippen molar-refractivity contribution >= 4 is 12.6 Å². The van der Waals surface area contributed by atoms with Gasteiger partial charge in [-0.25, -0.2) is 4.98 Å². The lowest BCUT2D eigenvalue weighted by molar-refractivity contribution is 0.304. The zero-order valence-corrected chi connectivity index (χ0v) is 10.9.